The molecular formula is C17H21NO2. The van der Waals surface area contributed by atoms with Gasteiger partial charge in [-0.1, -0.05) is 24.3 Å². The number of benzene rings is 1. The van der Waals surface area contributed by atoms with Crippen molar-refractivity contribution in [1.29, 1.82) is 0 Å². The molecule has 20 heavy (non-hydrogen) atoms. The van der Waals surface area contributed by atoms with Crippen LogP contribution in [0.4, 0.5) is 0 Å². The Morgan fingerprint density at radius 3 is 2.05 bits per heavy atom. The molecule has 3 heteroatoms. The van der Waals surface area contributed by atoms with E-state index in [-0.39, 0.29) is 11.8 Å². The van der Waals surface area contributed by atoms with Gasteiger partial charge in [-0.3, -0.25) is 10.1 Å². The minimum Gasteiger partial charge on any atom is -0.480 e. The summed E-state index contributed by atoms with van der Waals surface area (Å²) in [5, 5.41) is 13.5. The van der Waals surface area contributed by atoms with E-state index < -0.39 is 11.5 Å². The zero-order valence-electron chi connectivity index (χ0n) is 11.6. The number of hydrogen-bond donors (Lipinski definition) is 2. The molecule has 3 aliphatic rings. The second-order valence-electron chi connectivity index (χ2n) is 6.74. The van der Waals surface area contributed by atoms with Gasteiger partial charge in [-0.2, -0.15) is 0 Å². The molecule has 1 aromatic rings. The highest BCUT2D eigenvalue weighted by Crippen LogP contribution is 2.48. The average Bonchev–Trinajstić information content (AvgIpc) is 3.16. The van der Waals surface area contributed by atoms with E-state index in [1.807, 2.05) is 0 Å². The SMILES string of the molecule is O=C(O)C1(NC2CC2)C2CCC1Cc1ccccc1C2. The van der Waals surface area contributed by atoms with Gasteiger partial charge in [0.25, 0.3) is 0 Å². The van der Waals surface area contributed by atoms with Crippen molar-refractivity contribution in [3.63, 3.8) is 0 Å². The normalized spacial score (nSPS) is 35.4. The molecule has 2 saturated carbocycles. The minimum absolute atomic E-state index is 0.245. The van der Waals surface area contributed by atoms with E-state index in [9.17, 15) is 9.90 Å². The number of fused-ring (bicyclic) bond motifs is 3. The summed E-state index contributed by atoms with van der Waals surface area (Å²) in [5.41, 5.74) is 2.05. The number of carbonyl (C=O) groups is 1. The van der Waals surface area contributed by atoms with Crippen LogP contribution in [-0.4, -0.2) is 22.7 Å². The van der Waals surface area contributed by atoms with Crippen molar-refractivity contribution in [3.05, 3.63) is 35.4 Å². The van der Waals surface area contributed by atoms with Crippen LogP contribution in [0.25, 0.3) is 0 Å². The number of hydrogen-bond acceptors (Lipinski definition) is 2. The van der Waals surface area contributed by atoms with Crippen molar-refractivity contribution < 1.29 is 9.90 Å². The average molecular weight is 271 g/mol. The molecule has 4 rings (SSSR count). The largest absolute Gasteiger partial charge is 0.480 e. The van der Waals surface area contributed by atoms with E-state index in [0.717, 1.165) is 38.5 Å². The molecule has 2 atom stereocenters. The fraction of sp³-hybridized carbons (Fsp3) is 0.588. The van der Waals surface area contributed by atoms with Gasteiger partial charge >= 0.3 is 5.97 Å². The predicted molar refractivity (Wildman–Crippen MR) is 76.6 cm³/mol. The molecular weight excluding hydrogens is 250 g/mol. The summed E-state index contributed by atoms with van der Waals surface area (Å²) in [7, 11) is 0. The lowest BCUT2D eigenvalue weighted by molar-refractivity contribution is -0.148. The lowest BCUT2D eigenvalue weighted by Crippen LogP contribution is -2.60. The summed E-state index contributed by atoms with van der Waals surface area (Å²) in [4.78, 5) is 12.1. The Kier molecular flexibility index (Phi) is 2.68. The molecule has 0 heterocycles. The lowest BCUT2D eigenvalue weighted by atomic mass is 9.78. The third-order valence-electron chi connectivity index (χ3n) is 5.58. The molecule has 106 valence electrons. The summed E-state index contributed by atoms with van der Waals surface area (Å²) >= 11 is 0. The zero-order valence-corrected chi connectivity index (χ0v) is 11.6. The first kappa shape index (κ1) is 12.4. The molecule has 2 fully saturated rings. The van der Waals surface area contributed by atoms with Gasteiger partial charge in [-0.25, -0.2) is 0 Å². The molecule has 0 amide bonds. The van der Waals surface area contributed by atoms with Gasteiger partial charge in [0.1, 0.15) is 5.54 Å². The third-order valence-corrected chi connectivity index (χ3v) is 5.58. The van der Waals surface area contributed by atoms with Crippen LogP contribution in [0.15, 0.2) is 24.3 Å². The van der Waals surface area contributed by atoms with E-state index in [4.69, 9.17) is 0 Å². The van der Waals surface area contributed by atoms with Crippen LogP contribution in [0, 0.1) is 11.8 Å². The highest BCUT2D eigenvalue weighted by molar-refractivity contribution is 5.81. The molecule has 3 nitrogen and oxygen atoms in total. The number of carboxylic acid groups (broad SMARTS) is 1. The van der Waals surface area contributed by atoms with Crippen LogP contribution in [0.3, 0.4) is 0 Å². The Hall–Kier alpha value is -1.35. The van der Waals surface area contributed by atoms with Crippen LogP contribution in [0.1, 0.15) is 36.8 Å². The van der Waals surface area contributed by atoms with Gasteiger partial charge in [0, 0.05) is 6.04 Å². The molecule has 2 N–H and O–H groups in total. The van der Waals surface area contributed by atoms with Crippen molar-refractivity contribution in [2.45, 2.75) is 50.1 Å². The highest BCUT2D eigenvalue weighted by atomic mass is 16.4. The lowest BCUT2D eigenvalue weighted by Gasteiger charge is -2.36. The van der Waals surface area contributed by atoms with Gasteiger partial charge in [-0.05, 0) is 61.5 Å². The van der Waals surface area contributed by atoms with Gasteiger partial charge in [0.05, 0.1) is 0 Å². The maximum Gasteiger partial charge on any atom is 0.324 e. The van der Waals surface area contributed by atoms with Crippen LogP contribution in [0.5, 0.6) is 0 Å². The summed E-state index contributed by atoms with van der Waals surface area (Å²) in [6.07, 6.45) is 6.20. The van der Waals surface area contributed by atoms with E-state index in [1.165, 1.54) is 11.1 Å². The van der Waals surface area contributed by atoms with Gasteiger partial charge in [-0.15, -0.1) is 0 Å². The van der Waals surface area contributed by atoms with E-state index >= 15 is 0 Å². The molecule has 0 radical (unpaired) electrons. The molecule has 0 saturated heterocycles. The second-order valence-corrected chi connectivity index (χ2v) is 6.74. The predicted octanol–water partition coefficient (Wildman–Crippen LogP) is 2.39. The second kappa shape index (κ2) is 4.32. The van der Waals surface area contributed by atoms with E-state index in [2.05, 4.69) is 29.6 Å². The summed E-state index contributed by atoms with van der Waals surface area (Å²) in [6, 6.07) is 8.96. The zero-order chi connectivity index (χ0) is 13.7. The summed E-state index contributed by atoms with van der Waals surface area (Å²) in [5.74, 6) is -0.131. The van der Waals surface area contributed by atoms with Crippen LogP contribution in [-0.2, 0) is 17.6 Å². The van der Waals surface area contributed by atoms with Crippen molar-refractivity contribution >= 4 is 5.97 Å². The number of rotatable bonds is 3. The smallest absolute Gasteiger partial charge is 0.324 e. The number of nitrogens with one attached hydrogen (secondary N) is 1. The first-order valence-electron chi connectivity index (χ1n) is 7.78. The molecule has 0 aromatic heterocycles. The highest BCUT2D eigenvalue weighted by Gasteiger charge is 2.58. The van der Waals surface area contributed by atoms with Gasteiger partial charge in [0.15, 0.2) is 0 Å². The standard InChI is InChI=1S/C17H21NO2/c19-16(20)17(18-15-7-8-15)13-5-6-14(17)10-12-4-2-1-3-11(12)9-13/h1-4,13-15,18H,5-10H2,(H,19,20). The molecule has 2 bridgehead atoms. The molecule has 2 unspecified atom stereocenters. The molecule has 0 spiro atoms. The Bertz CT molecular complexity index is 517. The van der Waals surface area contributed by atoms with Gasteiger partial charge < -0.3 is 5.11 Å². The topological polar surface area (TPSA) is 49.3 Å². The first-order valence-corrected chi connectivity index (χ1v) is 7.78. The maximum atomic E-state index is 12.1. The van der Waals surface area contributed by atoms with E-state index in [1.54, 1.807) is 0 Å². The summed E-state index contributed by atoms with van der Waals surface area (Å²) in [6.45, 7) is 0. The Morgan fingerprint density at radius 1 is 1.05 bits per heavy atom. The fourth-order valence-electron chi connectivity index (χ4n) is 4.42. The fourth-order valence-corrected chi connectivity index (χ4v) is 4.42. The monoisotopic (exact) mass is 271 g/mol. The van der Waals surface area contributed by atoms with Gasteiger partial charge in [0.2, 0.25) is 0 Å². The number of aliphatic carboxylic acids is 1. The molecule has 0 aliphatic heterocycles. The van der Waals surface area contributed by atoms with Crippen LogP contribution in [0.2, 0.25) is 0 Å². The van der Waals surface area contributed by atoms with Crippen LogP contribution < -0.4 is 5.32 Å². The Labute approximate surface area is 119 Å². The maximum absolute atomic E-state index is 12.1. The number of carboxylic acids is 1. The first-order chi connectivity index (χ1) is 9.70. The minimum atomic E-state index is -0.680. The summed E-state index contributed by atoms with van der Waals surface area (Å²) < 4.78 is 0. The quantitative estimate of drug-likeness (QED) is 0.887. The Balaban J connectivity index is 1.76. The van der Waals surface area contributed by atoms with Crippen molar-refractivity contribution in [2.24, 2.45) is 11.8 Å². The van der Waals surface area contributed by atoms with Crippen molar-refractivity contribution in [1.82, 2.24) is 5.32 Å². The van der Waals surface area contributed by atoms with Crippen molar-refractivity contribution in [2.75, 3.05) is 0 Å². The molecule has 1 aromatic carbocycles. The third kappa shape index (κ3) is 1.72. The van der Waals surface area contributed by atoms with Crippen molar-refractivity contribution in [3.8, 4) is 0 Å². The van der Waals surface area contributed by atoms with Crippen LogP contribution >= 0.6 is 0 Å². The Morgan fingerprint density at radius 2 is 1.60 bits per heavy atom. The molecule has 3 aliphatic carbocycles. The van der Waals surface area contributed by atoms with E-state index in [0.29, 0.717) is 6.04 Å².